The molecular weight excluding hydrogens is 204 g/mol. The van der Waals surface area contributed by atoms with Gasteiger partial charge in [0, 0.05) is 19.7 Å². The summed E-state index contributed by atoms with van der Waals surface area (Å²) in [4.78, 5) is 0. The summed E-state index contributed by atoms with van der Waals surface area (Å²) in [6.07, 6.45) is 0.148. The van der Waals surface area contributed by atoms with E-state index in [1.807, 2.05) is 18.5 Å². The van der Waals surface area contributed by atoms with Crippen molar-refractivity contribution in [1.29, 1.82) is 0 Å². The lowest BCUT2D eigenvalue weighted by molar-refractivity contribution is 0.128. The van der Waals surface area contributed by atoms with Crippen LogP contribution in [0.2, 0.25) is 0 Å². The van der Waals surface area contributed by atoms with E-state index in [0.717, 1.165) is 23.7 Å². The molecule has 0 saturated carbocycles. The number of rotatable bonds is 5. The number of aromatic nitrogens is 2. The van der Waals surface area contributed by atoms with Crippen LogP contribution in [0.25, 0.3) is 0 Å². The first-order valence-corrected chi connectivity index (χ1v) is 5.58. The molecule has 16 heavy (non-hydrogen) atoms. The van der Waals surface area contributed by atoms with Gasteiger partial charge in [-0.3, -0.25) is 0 Å². The molecule has 0 aliphatic carbocycles. The molecule has 0 saturated heterocycles. The van der Waals surface area contributed by atoms with Gasteiger partial charge in [0.15, 0.2) is 0 Å². The maximum absolute atomic E-state index is 5.98. The van der Waals surface area contributed by atoms with Crippen molar-refractivity contribution in [3.05, 3.63) is 5.69 Å². The topological polar surface area (TPSA) is 65.1 Å². The Labute approximate surface area is 97.0 Å². The summed E-state index contributed by atoms with van der Waals surface area (Å²) in [6.45, 7) is 8.80. The van der Waals surface area contributed by atoms with Gasteiger partial charge in [0.05, 0.1) is 17.5 Å². The first kappa shape index (κ1) is 12.8. The minimum atomic E-state index is 0.148. The lowest BCUT2D eigenvalue weighted by Crippen LogP contribution is -2.21. The molecule has 1 rings (SSSR count). The van der Waals surface area contributed by atoms with Gasteiger partial charge in [0.2, 0.25) is 0 Å². The van der Waals surface area contributed by atoms with Gasteiger partial charge in [-0.05, 0) is 27.7 Å². The fraction of sp³-hybridized carbons (Fsp3) is 0.727. The summed E-state index contributed by atoms with van der Waals surface area (Å²) in [5.41, 5.74) is 7.56. The van der Waals surface area contributed by atoms with E-state index in [0.29, 0.717) is 0 Å². The maximum atomic E-state index is 5.98. The number of aryl methyl sites for hydroxylation is 1. The molecule has 1 aromatic rings. The van der Waals surface area contributed by atoms with Crippen molar-refractivity contribution in [2.24, 2.45) is 0 Å². The van der Waals surface area contributed by atoms with Crippen LogP contribution in [0, 0.1) is 6.92 Å². The van der Waals surface area contributed by atoms with Gasteiger partial charge in [-0.15, -0.1) is 0 Å². The van der Waals surface area contributed by atoms with Gasteiger partial charge in [0.25, 0.3) is 0 Å². The van der Waals surface area contributed by atoms with Gasteiger partial charge >= 0.3 is 0 Å². The lowest BCUT2D eigenvalue weighted by atomic mass is 10.3. The molecule has 0 amide bonds. The molecule has 1 heterocycles. The zero-order valence-electron chi connectivity index (χ0n) is 10.7. The van der Waals surface area contributed by atoms with Crippen molar-refractivity contribution in [2.45, 2.75) is 39.8 Å². The number of nitrogens with two attached hydrogens (primary N) is 1. The van der Waals surface area contributed by atoms with E-state index < -0.39 is 0 Å². The monoisotopic (exact) mass is 226 g/mol. The molecule has 0 spiro atoms. The Kier molecular flexibility index (Phi) is 4.18. The first-order chi connectivity index (χ1) is 7.47. The highest BCUT2D eigenvalue weighted by Gasteiger charge is 2.14. The predicted molar refractivity (Wildman–Crippen MR) is 66.7 cm³/mol. The molecular formula is C11H22N4O. The van der Waals surface area contributed by atoms with Gasteiger partial charge < -0.3 is 15.8 Å². The van der Waals surface area contributed by atoms with E-state index in [4.69, 9.17) is 10.5 Å². The Hall–Kier alpha value is -1.23. The molecule has 5 nitrogen and oxygen atoms in total. The molecule has 3 N–H and O–H groups in total. The Balaban J connectivity index is 2.85. The van der Waals surface area contributed by atoms with E-state index in [9.17, 15) is 0 Å². The molecule has 0 aromatic carbocycles. The van der Waals surface area contributed by atoms with Crippen LogP contribution in [0.3, 0.4) is 0 Å². The predicted octanol–water partition coefficient (Wildman–Crippen LogP) is 1.80. The average molecular weight is 226 g/mol. The summed E-state index contributed by atoms with van der Waals surface area (Å²) >= 11 is 0. The highest BCUT2D eigenvalue weighted by molar-refractivity contribution is 5.64. The van der Waals surface area contributed by atoms with Crippen LogP contribution < -0.4 is 11.1 Å². The standard InChI is InChI=1S/C11H22N4O/c1-7(2)15-11(10(12)9(4)14-15)13-6-8(3)16-5/h7-8,13H,6,12H2,1-5H3. The second kappa shape index (κ2) is 5.21. The lowest BCUT2D eigenvalue weighted by Gasteiger charge is -2.15. The van der Waals surface area contributed by atoms with Crippen LogP contribution in [0.4, 0.5) is 11.5 Å². The SMILES string of the molecule is COC(C)CNc1c(N)c(C)nn1C(C)C. The number of methoxy groups -OCH3 is 1. The highest BCUT2D eigenvalue weighted by Crippen LogP contribution is 2.25. The molecule has 0 bridgehead atoms. The zero-order chi connectivity index (χ0) is 12.3. The summed E-state index contributed by atoms with van der Waals surface area (Å²) < 4.78 is 7.10. The highest BCUT2D eigenvalue weighted by atomic mass is 16.5. The van der Waals surface area contributed by atoms with E-state index >= 15 is 0 Å². The maximum Gasteiger partial charge on any atom is 0.148 e. The van der Waals surface area contributed by atoms with Crippen molar-refractivity contribution in [3.8, 4) is 0 Å². The summed E-state index contributed by atoms with van der Waals surface area (Å²) in [6, 6.07) is 0.288. The molecule has 1 unspecified atom stereocenters. The minimum absolute atomic E-state index is 0.148. The summed E-state index contributed by atoms with van der Waals surface area (Å²) in [5, 5.41) is 7.69. The molecule has 1 atom stereocenters. The Morgan fingerprint density at radius 1 is 1.44 bits per heavy atom. The van der Waals surface area contributed by atoms with Gasteiger partial charge in [-0.25, -0.2) is 4.68 Å². The zero-order valence-corrected chi connectivity index (χ0v) is 10.7. The van der Waals surface area contributed by atoms with Crippen molar-refractivity contribution in [1.82, 2.24) is 9.78 Å². The molecule has 92 valence electrons. The van der Waals surface area contributed by atoms with Gasteiger partial charge in [-0.2, -0.15) is 5.10 Å². The van der Waals surface area contributed by atoms with Crippen LogP contribution in [-0.2, 0) is 4.74 Å². The molecule has 0 fully saturated rings. The minimum Gasteiger partial charge on any atom is -0.394 e. The van der Waals surface area contributed by atoms with Crippen molar-refractivity contribution in [3.63, 3.8) is 0 Å². The molecule has 0 radical (unpaired) electrons. The molecule has 0 aliphatic heterocycles. The summed E-state index contributed by atoms with van der Waals surface area (Å²) in [7, 11) is 1.70. The molecule has 1 aromatic heterocycles. The number of anilines is 2. The Morgan fingerprint density at radius 2 is 2.06 bits per heavy atom. The van der Waals surface area contributed by atoms with Crippen molar-refractivity contribution < 1.29 is 4.74 Å². The van der Waals surface area contributed by atoms with Crippen molar-refractivity contribution >= 4 is 11.5 Å². The third-order valence-electron chi connectivity index (χ3n) is 2.58. The quantitative estimate of drug-likeness (QED) is 0.803. The average Bonchev–Trinajstić information content (AvgIpc) is 2.53. The second-order valence-electron chi connectivity index (χ2n) is 4.31. The fourth-order valence-electron chi connectivity index (χ4n) is 1.43. The number of ether oxygens (including phenoxy) is 1. The van der Waals surface area contributed by atoms with Crippen LogP contribution in [0.5, 0.6) is 0 Å². The number of nitrogens with one attached hydrogen (secondary N) is 1. The van der Waals surface area contributed by atoms with Crippen LogP contribution in [0.15, 0.2) is 0 Å². The normalized spacial score (nSPS) is 13.1. The van der Waals surface area contributed by atoms with Crippen LogP contribution in [-0.4, -0.2) is 29.5 Å². The van der Waals surface area contributed by atoms with E-state index in [1.165, 1.54) is 0 Å². The first-order valence-electron chi connectivity index (χ1n) is 5.58. The Morgan fingerprint density at radius 3 is 2.56 bits per heavy atom. The number of nitrogen functional groups attached to an aromatic ring is 1. The van der Waals surface area contributed by atoms with Crippen LogP contribution >= 0.6 is 0 Å². The van der Waals surface area contributed by atoms with E-state index in [-0.39, 0.29) is 12.1 Å². The fourth-order valence-corrected chi connectivity index (χ4v) is 1.43. The van der Waals surface area contributed by atoms with Gasteiger partial charge in [-0.1, -0.05) is 0 Å². The molecule has 5 heteroatoms. The van der Waals surface area contributed by atoms with Crippen LogP contribution in [0.1, 0.15) is 32.5 Å². The number of nitrogens with zero attached hydrogens (tertiary/aromatic N) is 2. The second-order valence-corrected chi connectivity index (χ2v) is 4.31. The Bertz CT molecular complexity index is 346. The molecule has 0 aliphatic rings. The van der Waals surface area contributed by atoms with E-state index in [2.05, 4.69) is 24.3 Å². The van der Waals surface area contributed by atoms with Crippen molar-refractivity contribution in [2.75, 3.05) is 24.7 Å². The third kappa shape index (κ3) is 2.66. The van der Waals surface area contributed by atoms with Gasteiger partial charge in [0.1, 0.15) is 5.82 Å². The smallest absolute Gasteiger partial charge is 0.148 e. The largest absolute Gasteiger partial charge is 0.394 e. The summed E-state index contributed by atoms with van der Waals surface area (Å²) in [5.74, 6) is 0.886. The number of hydrogen-bond acceptors (Lipinski definition) is 4. The third-order valence-corrected chi connectivity index (χ3v) is 2.58. The van der Waals surface area contributed by atoms with E-state index in [1.54, 1.807) is 7.11 Å². The number of hydrogen-bond donors (Lipinski definition) is 2.